The van der Waals surface area contributed by atoms with Gasteiger partial charge in [0.05, 0.1) is 11.4 Å². The van der Waals surface area contributed by atoms with E-state index >= 15 is 0 Å². The van der Waals surface area contributed by atoms with Crippen molar-refractivity contribution in [1.82, 2.24) is 0 Å². The lowest BCUT2D eigenvalue weighted by molar-refractivity contribution is 0.660. The Labute approximate surface area is 326 Å². The van der Waals surface area contributed by atoms with Crippen LogP contribution in [0.5, 0.6) is 0 Å². The molecule has 2 aliphatic carbocycles. The summed E-state index contributed by atoms with van der Waals surface area (Å²) in [6.45, 7) is 9.46. The minimum Gasteiger partial charge on any atom is -0.453 e. The first-order chi connectivity index (χ1) is 27.3. The molecular weight excluding hydrogens is 679 g/mol. The molecule has 0 saturated carbocycles. The first-order valence-corrected chi connectivity index (χ1v) is 19.8. The van der Waals surface area contributed by atoms with Gasteiger partial charge in [-0.2, -0.15) is 0 Å². The van der Waals surface area contributed by atoms with Crippen molar-refractivity contribution >= 4 is 60.5 Å². The molecule has 0 N–H and O–H groups in total. The molecule has 2 heteroatoms. The molecule has 0 unspecified atom stereocenters. The lowest BCUT2D eigenvalue weighted by atomic mass is 9.82. The van der Waals surface area contributed by atoms with E-state index in [4.69, 9.17) is 4.42 Å². The molecule has 56 heavy (non-hydrogen) atoms. The van der Waals surface area contributed by atoms with Crippen LogP contribution in [0.25, 0.3) is 76.9 Å². The van der Waals surface area contributed by atoms with Crippen molar-refractivity contribution in [1.29, 1.82) is 0 Å². The van der Waals surface area contributed by atoms with Gasteiger partial charge in [0.25, 0.3) is 0 Å². The highest BCUT2D eigenvalue weighted by atomic mass is 16.3. The molecule has 0 spiro atoms. The van der Waals surface area contributed by atoms with Crippen molar-refractivity contribution in [3.63, 3.8) is 0 Å². The van der Waals surface area contributed by atoms with Gasteiger partial charge in [0.1, 0.15) is 5.58 Å². The zero-order chi connectivity index (χ0) is 37.5. The molecule has 10 aromatic rings. The fraction of sp³-hybridized carbons (Fsp3) is 0.111. The van der Waals surface area contributed by atoms with Gasteiger partial charge >= 0.3 is 0 Å². The average Bonchev–Trinajstić information content (AvgIpc) is 3.83. The van der Waals surface area contributed by atoms with Crippen LogP contribution in [0, 0.1) is 0 Å². The molecule has 1 heterocycles. The number of benzene rings is 9. The molecule has 0 amide bonds. The van der Waals surface area contributed by atoms with Crippen LogP contribution < -0.4 is 4.90 Å². The molecule has 0 radical (unpaired) electrons. The van der Waals surface area contributed by atoms with Crippen LogP contribution in [0.2, 0.25) is 0 Å². The summed E-state index contributed by atoms with van der Waals surface area (Å²) in [5.41, 5.74) is 17.8. The minimum absolute atomic E-state index is 0.141. The fourth-order valence-electron chi connectivity index (χ4n) is 10.5. The largest absolute Gasteiger partial charge is 0.453 e. The van der Waals surface area contributed by atoms with Gasteiger partial charge in [-0.05, 0) is 96.4 Å². The second kappa shape index (κ2) is 11.0. The van der Waals surface area contributed by atoms with Crippen molar-refractivity contribution in [2.75, 3.05) is 4.90 Å². The summed E-state index contributed by atoms with van der Waals surface area (Å²) in [7, 11) is 0. The lowest BCUT2D eigenvalue weighted by Crippen LogP contribution is -2.17. The van der Waals surface area contributed by atoms with Gasteiger partial charge in [-0.15, -0.1) is 0 Å². The van der Waals surface area contributed by atoms with Gasteiger partial charge in [0, 0.05) is 38.4 Å². The number of nitrogens with zero attached hydrogens (tertiary/aromatic N) is 1. The van der Waals surface area contributed by atoms with Crippen molar-refractivity contribution in [3.8, 4) is 33.4 Å². The van der Waals surface area contributed by atoms with Crippen LogP contribution in [-0.4, -0.2) is 0 Å². The fourth-order valence-corrected chi connectivity index (χ4v) is 10.5. The van der Waals surface area contributed by atoms with Crippen molar-refractivity contribution in [2.45, 2.75) is 38.5 Å². The van der Waals surface area contributed by atoms with Gasteiger partial charge < -0.3 is 9.32 Å². The van der Waals surface area contributed by atoms with Crippen LogP contribution in [-0.2, 0) is 10.8 Å². The molecule has 2 aliphatic rings. The highest BCUT2D eigenvalue weighted by molar-refractivity contribution is 6.35. The Morgan fingerprint density at radius 3 is 1.73 bits per heavy atom. The van der Waals surface area contributed by atoms with E-state index in [-0.39, 0.29) is 10.8 Å². The van der Waals surface area contributed by atoms with Gasteiger partial charge in [-0.25, -0.2) is 0 Å². The molecule has 2 nitrogen and oxygen atoms in total. The van der Waals surface area contributed by atoms with Crippen LogP contribution >= 0.6 is 0 Å². The predicted octanol–water partition coefficient (Wildman–Crippen LogP) is 15.1. The first kappa shape index (κ1) is 31.7. The smallest absolute Gasteiger partial charge is 0.160 e. The Balaban J connectivity index is 1.21. The Morgan fingerprint density at radius 1 is 0.393 bits per heavy atom. The first-order valence-electron chi connectivity index (χ1n) is 19.8. The molecule has 0 bridgehead atoms. The molecule has 0 saturated heterocycles. The Morgan fingerprint density at radius 2 is 0.964 bits per heavy atom. The van der Waals surface area contributed by atoms with Crippen LogP contribution in [0.1, 0.15) is 49.9 Å². The van der Waals surface area contributed by atoms with Gasteiger partial charge in [0.2, 0.25) is 0 Å². The molecule has 1 aromatic heterocycles. The lowest BCUT2D eigenvalue weighted by Gasteiger charge is -2.30. The molecule has 266 valence electrons. The Bertz CT molecular complexity index is 3250. The van der Waals surface area contributed by atoms with E-state index in [1.54, 1.807) is 0 Å². The van der Waals surface area contributed by atoms with Crippen molar-refractivity contribution < 1.29 is 4.42 Å². The molecule has 0 fully saturated rings. The molecule has 0 aliphatic heterocycles. The normalized spacial score (nSPS) is 14.7. The van der Waals surface area contributed by atoms with E-state index in [0.29, 0.717) is 0 Å². The standard InChI is InChI=1S/C54H39NO/c1-53(2)43-22-13-11-20-41(43)48-44(53)23-14-24-46(48)55(33-25-26-38-37-19-10-12-21-42(37)54(3,4)45(38)31-33)47-30-29-40-36-18-9-8-17-35(36)39-28-27-34(32-15-6-5-7-16-32)51-49(39)50(40)52(47)56-51/h5-31H,1-4H3. The average molecular weight is 718 g/mol. The second-order valence-electron chi connectivity index (χ2n) is 16.8. The number of furan rings is 1. The van der Waals surface area contributed by atoms with Gasteiger partial charge in [-0.3, -0.25) is 0 Å². The molecular formula is C54H39NO. The zero-order valence-electron chi connectivity index (χ0n) is 31.9. The third-order valence-electron chi connectivity index (χ3n) is 13.2. The maximum absolute atomic E-state index is 7.40. The van der Waals surface area contributed by atoms with Crippen LogP contribution in [0.4, 0.5) is 17.1 Å². The van der Waals surface area contributed by atoms with E-state index in [1.165, 1.54) is 76.8 Å². The van der Waals surface area contributed by atoms with Gasteiger partial charge in [0.15, 0.2) is 5.58 Å². The summed E-state index contributed by atoms with van der Waals surface area (Å²) in [6.07, 6.45) is 0. The summed E-state index contributed by atoms with van der Waals surface area (Å²) in [6, 6.07) is 60.6. The van der Waals surface area contributed by atoms with Crippen LogP contribution in [0.15, 0.2) is 168 Å². The summed E-state index contributed by atoms with van der Waals surface area (Å²) < 4.78 is 7.40. The van der Waals surface area contributed by atoms with E-state index in [1.807, 2.05) is 0 Å². The van der Waals surface area contributed by atoms with E-state index < -0.39 is 0 Å². The highest BCUT2D eigenvalue weighted by Crippen LogP contribution is 2.57. The number of anilines is 3. The van der Waals surface area contributed by atoms with E-state index in [9.17, 15) is 0 Å². The Kier molecular flexibility index (Phi) is 6.22. The number of hydrogen-bond acceptors (Lipinski definition) is 2. The maximum atomic E-state index is 7.40. The second-order valence-corrected chi connectivity index (χ2v) is 16.8. The van der Waals surface area contributed by atoms with Gasteiger partial charge in [-0.1, -0.05) is 161 Å². The molecule has 9 aromatic carbocycles. The van der Waals surface area contributed by atoms with Crippen LogP contribution in [0.3, 0.4) is 0 Å². The van der Waals surface area contributed by atoms with Crippen molar-refractivity contribution in [2.24, 2.45) is 0 Å². The third kappa shape index (κ3) is 4.01. The summed E-state index contributed by atoms with van der Waals surface area (Å²) in [5.74, 6) is 0. The quantitative estimate of drug-likeness (QED) is 0.169. The monoisotopic (exact) mass is 717 g/mol. The minimum atomic E-state index is -0.149. The topological polar surface area (TPSA) is 16.4 Å². The van der Waals surface area contributed by atoms with E-state index in [0.717, 1.165) is 39.4 Å². The summed E-state index contributed by atoms with van der Waals surface area (Å²) >= 11 is 0. The zero-order valence-corrected chi connectivity index (χ0v) is 31.9. The summed E-state index contributed by atoms with van der Waals surface area (Å²) in [4.78, 5) is 2.50. The number of hydrogen-bond donors (Lipinski definition) is 0. The highest BCUT2D eigenvalue weighted by Gasteiger charge is 2.40. The Hall–Kier alpha value is -6.64. The summed E-state index contributed by atoms with van der Waals surface area (Å²) in [5, 5.41) is 7.29. The molecule has 12 rings (SSSR count). The third-order valence-corrected chi connectivity index (χ3v) is 13.2. The number of fused-ring (bicyclic) bond motifs is 9. The van der Waals surface area contributed by atoms with Crippen molar-refractivity contribution in [3.05, 3.63) is 186 Å². The maximum Gasteiger partial charge on any atom is 0.160 e. The molecule has 0 atom stereocenters. The SMILES string of the molecule is CC1(C)c2ccccc2-c2ccc(N(c3cccc4c3-c3ccccc3C4(C)C)c3ccc4c5ccccc5c5ccc(-c6ccccc6)c6oc3c4c65)cc21. The number of rotatable bonds is 4. The van der Waals surface area contributed by atoms with E-state index in [2.05, 4.69) is 196 Å². The predicted molar refractivity (Wildman–Crippen MR) is 235 cm³/mol.